The lowest BCUT2D eigenvalue weighted by atomic mass is 10.2. The molecule has 2 saturated heterocycles. The van der Waals surface area contributed by atoms with Gasteiger partial charge in [0.1, 0.15) is 6.61 Å². The molecule has 0 aliphatic carbocycles. The van der Waals surface area contributed by atoms with Crippen LogP contribution in [0.25, 0.3) is 0 Å². The third kappa shape index (κ3) is 3.23. The molecule has 1 aromatic carbocycles. The summed E-state index contributed by atoms with van der Waals surface area (Å²) in [5.74, 6) is 0.142. The lowest BCUT2D eigenvalue weighted by Gasteiger charge is -2.19. The highest BCUT2D eigenvalue weighted by molar-refractivity contribution is 5.50. The summed E-state index contributed by atoms with van der Waals surface area (Å²) in [5, 5.41) is 0. The van der Waals surface area contributed by atoms with Crippen LogP contribution in [0.5, 0.6) is 5.75 Å². The van der Waals surface area contributed by atoms with Gasteiger partial charge in [-0.1, -0.05) is 0 Å². The topological polar surface area (TPSA) is 15.7 Å². The standard InChI is InChI=1S/C16H23FN2O/c17-15-13-14(19-9-3-4-10-19)5-6-16(15)20-12-11-18-7-1-2-8-18/h5-6,13H,1-4,7-12H2. The number of hydrogen-bond acceptors (Lipinski definition) is 3. The lowest BCUT2D eigenvalue weighted by molar-refractivity contribution is 0.231. The van der Waals surface area contributed by atoms with Crippen molar-refractivity contribution in [2.24, 2.45) is 0 Å². The SMILES string of the molecule is Fc1cc(N2CCCC2)ccc1OCCN1CCCC1. The van der Waals surface area contributed by atoms with Crippen molar-refractivity contribution in [1.29, 1.82) is 0 Å². The maximum absolute atomic E-state index is 14.0. The van der Waals surface area contributed by atoms with Crippen molar-refractivity contribution in [3.63, 3.8) is 0 Å². The van der Waals surface area contributed by atoms with Crippen LogP contribution in [0.3, 0.4) is 0 Å². The van der Waals surface area contributed by atoms with Crippen molar-refractivity contribution in [2.75, 3.05) is 44.2 Å². The van der Waals surface area contributed by atoms with Gasteiger partial charge in [0.15, 0.2) is 11.6 Å². The van der Waals surface area contributed by atoms with E-state index in [-0.39, 0.29) is 5.82 Å². The number of rotatable bonds is 5. The fourth-order valence-corrected chi connectivity index (χ4v) is 3.07. The second kappa shape index (κ2) is 6.44. The summed E-state index contributed by atoms with van der Waals surface area (Å²) in [6.45, 7) is 5.84. The van der Waals surface area contributed by atoms with Crippen molar-refractivity contribution in [3.8, 4) is 5.75 Å². The maximum Gasteiger partial charge on any atom is 0.167 e. The van der Waals surface area contributed by atoms with E-state index in [0.29, 0.717) is 12.4 Å². The molecular formula is C16H23FN2O. The van der Waals surface area contributed by atoms with Gasteiger partial charge in [0.05, 0.1) is 0 Å². The average Bonchev–Trinajstić information content (AvgIpc) is 3.12. The first-order valence-corrected chi connectivity index (χ1v) is 7.72. The van der Waals surface area contributed by atoms with Crippen molar-refractivity contribution >= 4 is 5.69 Å². The summed E-state index contributed by atoms with van der Waals surface area (Å²) < 4.78 is 19.6. The Kier molecular flexibility index (Phi) is 4.41. The molecule has 2 aliphatic rings. The van der Waals surface area contributed by atoms with Crippen LogP contribution in [-0.2, 0) is 0 Å². The minimum atomic E-state index is -0.240. The highest BCUT2D eigenvalue weighted by atomic mass is 19.1. The predicted molar refractivity (Wildman–Crippen MR) is 79.0 cm³/mol. The molecule has 0 aromatic heterocycles. The summed E-state index contributed by atoms with van der Waals surface area (Å²) in [6.07, 6.45) is 4.96. The van der Waals surface area contributed by atoms with Crippen LogP contribution in [0.15, 0.2) is 18.2 Å². The van der Waals surface area contributed by atoms with Crippen LogP contribution in [0, 0.1) is 5.82 Å². The largest absolute Gasteiger partial charge is 0.489 e. The fourth-order valence-electron chi connectivity index (χ4n) is 3.07. The molecule has 2 heterocycles. The molecule has 0 atom stereocenters. The first kappa shape index (κ1) is 13.7. The van der Waals surface area contributed by atoms with E-state index in [2.05, 4.69) is 9.80 Å². The molecule has 4 heteroatoms. The molecule has 0 unspecified atom stereocenters. The number of hydrogen-bond donors (Lipinski definition) is 0. The lowest BCUT2D eigenvalue weighted by Crippen LogP contribution is -2.25. The van der Waals surface area contributed by atoms with Crippen LogP contribution < -0.4 is 9.64 Å². The summed E-state index contributed by atoms with van der Waals surface area (Å²) in [5.41, 5.74) is 0.979. The normalized spacial score (nSPS) is 19.8. The van der Waals surface area contributed by atoms with Gasteiger partial charge in [0.25, 0.3) is 0 Å². The van der Waals surface area contributed by atoms with Gasteiger partial charge in [-0.25, -0.2) is 4.39 Å². The van der Waals surface area contributed by atoms with Crippen molar-refractivity contribution in [3.05, 3.63) is 24.0 Å². The first-order valence-electron chi connectivity index (χ1n) is 7.72. The van der Waals surface area contributed by atoms with E-state index in [1.165, 1.54) is 25.7 Å². The van der Waals surface area contributed by atoms with Gasteiger partial charge < -0.3 is 9.64 Å². The summed E-state index contributed by atoms with van der Waals surface area (Å²) in [4.78, 5) is 4.60. The van der Waals surface area contributed by atoms with Gasteiger partial charge in [0, 0.05) is 31.4 Å². The Labute approximate surface area is 120 Å². The Morgan fingerprint density at radius 3 is 2.40 bits per heavy atom. The number of likely N-dealkylation sites (tertiary alicyclic amines) is 1. The van der Waals surface area contributed by atoms with Gasteiger partial charge in [-0.05, 0) is 50.9 Å². The minimum absolute atomic E-state index is 0.240. The molecule has 0 amide bonds. The van der Waals surface area contributed by atoms with Crippen LogP contribution in [0.2, 0.25) is 0 Å². The molecule has 1 aromatic rings. The zero-order chi connectivity index (χ0) is 13.8. The molecule has 2 fully saturated rings. The van der Waals surface area contributed by atoms with E-state index in [0.717, 1.165) is 38.4 Å². The first-order chi connectivity index (χ1) is 9.83. The third-order valence-corrected chi connectivity index (χ3v) is 4.25. The van der Waals surface area contributed by atoms with Gasteiger partial charge in [-0.2, -0.15) is 0 Å². The zero-order valence-electron chi connectivity index (χ0n) is 12.0. The second-order valence-corrected chi connectivity index (χ2v) is 5.71. The van der Waals surface area contributed by atoms with E-state index in [4.69, 9.17) is 4.74 Å². The summed E-state index contributed by atoms with van der Waals surface area (Å²) >= 11 is 0. The molecule has 3 rings (SSSR count). The smallest absolute Gasteiger partial charge is 0.167 e. The average molecular weight is 278 g/mol. The Balaban J connectivity index is 1.53. The van der Waals surface area contributed by atoms with Crippen molar-refractivity contribution in [1.82, 2.24) is 4.90 Å². The molecule has 110 valence electrons. The molecule has 0 N–H and O–H groups in total. The Morgan fingerprint density at radius 1 is 1.00 bits per heavy atom. The van der Waals surface area contributed by atoms with Gasteiger partial charge in [0.2, 0.25) is 0 Å². The number of ether oxygens (including phenoxy) is 1. The monoisotopic (exact) mass is 278 g/mol. The highest BCUT2D eigenvalue weighted by Gasteiger charge is 2.15. The zero-order valence-corrected chi connectivity index (χ0v) is 12.0. The number of benzene rings is 1. The number of halogens is 1. The summed E-state index contributed by atoms with van der Waals surface area (Å²) in [7, 11) is 0. The van der Waals surface area contributed by atoms with E-state index < -0.39 is 0 Å². The van der Waals surface area contributed by atoms with E-state index in [1.54, 1.807) is 12.1 Å². The Morgan fingerprint density at radius 2 is 1.70 bits per heavy atom. The molecule has 0 radical (unpaired) electrons. The second-order valence-electron chi connectivity index (χ2n) is 5.71. The quantitative estimate of drug-likeness (QED) is 0.823. The van der Waals surface area contributed by atoms with Crippen molar-refractivity contribution < 1.29 is 9.13 Å². The van der Waals surface area contributed by atoms with Gasteiger partial charge in [-0.15, -0.1) is 0 Å². The number of anilines is 1. The van der Waals surface area contributed by atoms with Crippen LogP contribution in [0.1, 0.15) is 25.7 Å². The maximum atomic E-state index is 14.0. The summed E-state index contributed by atoms with van der Waals surface area (Å²) in [6, 6.07) is 5.35. The molecule has 3 nitrogen and oxygen atoms in total. The van der Waals surface area contributed by atoms with Gasteiger partial charge >= 0.3 is 0 Å². The highest BCUT2D eigenvalue weighted by Crippen LogP contribution is 2.26. The molecule has 20 heavy (non-hydrogen) atoms. The van der Waals surface area contributed by atoms with E-state index in [1.807, 2.05) is 6.07 Å². The molecular weight excluding hydrogens is 255 g/mol. The van der Waals surface area contributed by atoms with Gasteiger partial charge in [-0.3, -0.25) is 4.90 Å². The van der Waals surface area contributed by atoms with E-state index in [9.17, 15) is 4.39 Å². The van der Waals surface area contributed by atoms with E-state index >= 15 is 0 Å². The van der Waals surface area contributed by atoms with Crippen LogP contribution >= 0.6 is 0 Å². The molecule has 0 spiro atoms. The number of nitrogens with zero attached hydrogens (tertiary/aromatic N) is 2. The van der Waals surface area contributed by atoms with Crippen LogP contribution in [0.4, 0.5) is 10.1 Å². The third-order valence-electron chi connectivity index (χ3n) is 4.25. The minimum Gasteiger partial charge on any atom is -0.489 e. The Bertz CT molecular complexity index is 440. The predicted octanol–water partition coefficient (Wildman–Crippen LogP) is 2.90. The molecule has 2 aliphatic heterocycles. The van der Waals surface area contributed by atoms with Crippen LogP contribution in [-0.4, -0.2) is 44.2 Å². The Hall–Kier alpha value is -1.29. The van der Waals surface area contributed by atoms with Crippen molar-refractivity contribution in [2.45, 2.75) is 25.7 Å². The molecule has 0 bridgehead atoms. The molecule has 0 saturated carbocycles. The fraction of sp³-hybridized carbons (Fsp3) is 0.625.